The highest BCUT2D eigenvalue weighted by Crippen LogP contribution is 2.29. The molecule has 0 amide bonds. The zero-order chi connectivity index (χ0) is 14.0. The van der Waals surface area contributed by atoms with Gasteiger partial charge in [-0.3, -0.25) is 0 Å². The van der Waals surface area contributed by atoms with Crippen LogP contribution in [-0.4, -0.2) is 7.05 Å². The van der Waals surface area contributed by atoms with E-state index >= 15 is 0 Å². The molecule has 0 fully saturated rings. The van der Waals surface area contributed by atoms with Gasteiger partial charge in [0, 0.05) is 11.6 Å². The highest BCUT2D eigenvalue weighted by atomic mass is 16.3. The second-order valence-electron chi connectivity index (χ2n) is 5.29. The summed E-state index contributed by atoms with van der Waals surface area (Å²) in [5.41, 5.74) is 5.24. The summed E-state index contributed by atoms with van der Waals surface area (Å²) in [5, 5.41) is 3.42. The number of likely N-dealkylation sites (N-methyl/N-ethyl adjacent to an activating group) is 1. The number of aryl methyl sites for hydroxylation is 3. The molecule has 2 nitrogen and oxygen atoms in total. The third kappa shape index (κ3) is 2.90. The molecule has 0 radical (unpaired) electrons. The average Bonchev–Trinajstić information content (AvgIpc) is 2.61. The summed E-state index contributed by atoms with van der Waals surface area (Å²) < 4.78 is 5.75. The van der Waals surface area contributed by atoms with E-state index in [1.165, 1.54) is 22.3 Å². The van der Waals surface area contributed by atoms with Gasteiger partial charge in [0.2, 0.25) is 0 Å². The van der Waals surface area contributed by atoms with E-state index in [0.29, 0.717) is 6.04 Å². The van der Waals surface area contributed by atoms with E-state index in [2.05, 4.69) is 50.4 Å². The van der Waals surface area contributed by atoms with Crippen molar-refractivity contribution in [3.05, 3.63) is 58.0 Å². The number of benzene rings is 1. The molecular formula is C17H23NO. The van der Waals surface area contributed by atoms with Crippen molar-refractivity contribution < 1.29 is 4.42 Å². The molecule has 0 aliphatic carbocycles. The fourth-order valence-electron chi connectivity index (χ4n) is 2.74. The minimum Gasteiger partial charge on any atom is -0.466 e. The van der Waals surface area contributed by atoms with Gasteiger partial charge in [0.25, 0.3) is 0 Å². The summed E-state index contributed by atoms with van der Waals surface area (Å²) in [6.07, 6.45) is 0.985. The lowest BCUT2D eigenvalue weighted by Gasteiger charge is -2.17. The Hall–Kier alpha value is -1.54. The van der Waals surface area contributed by atoms with E-state index in [-0.39, 0.29) is 0 Å². The zero-order valence-electron chi connectivity index (χ0n) is 12.5. The second kappa shape index (κ2) is 5.62. The number of furan rings is 1. The van der Waals surface area contributed by atoms with Crippen LogP contribution in [0.1, 0.15) is 39.8 Å². The van der Waals surface area contributed by atoms with E-state index in [1.807, 2.05) is 14.0 Å². The lowest BCUT2D eigenvalue weighted by Crippen LogP contribution is -2.20. The van der Waals surface area contributed by atoms with Gasteiger partial charge in [0.1, 0.15) is 11.5 Å². The summed E-state index contributed by atoms with van der Waals surface area (Å²) in [6.45, 7) is 8.36. The van der Waals surface area contributed by atoms with Crippen LogP contribution in [0.5, 0.6) is 0 Å². The molecule has 0 aliphatic heterocycles. The van der Waals surface area contributed by atoms with Crippen LogP contribution in [0, 0.1) is 27.7 Å². The minimum atomic E-state index is 0.305. The lowest BCUT2D eigenvalue weighted by atomic mass is 9.95. The van der Waals surface area contributed by atoms with E-state index < -0.39 is 0 Å². The predicted molar refractivity (Wildman–Crippen MR) is 79.6 cm³/mol. The third-order valence-corrected chi connectivity index (χ3v) is 3.84. The molecule has 102 valence electrons. The fourth-order valence-corrected chi connectivity index (χ4v) is 2.74. The van der Waals surface area contributed by atoms with Crippen LogP contribution in [-0.2, 0) is 6.42 Å². The summed E-state index contributed by atoms with van der Waals surface area (Å²) in [4.78, 5) is 0. The van der Waals surface area contributed by atoms with E-state index in [1.54, 1.807) is 0 Å². The first-order valence-corrected chi connectivity index (χ1v) is 6.82. The minimum absolute atomic E-state index is 0.305. The normalized spacial score (nSPS) is 12.7. The highest BCUT2D eigenvalue weighted by molar-refractivity contribution is 5.36. The van der Waals surface area contributed by atoms with Gasteiger partial charge in [-0.2, -0.15) is 0 Å². The van der Waals surface area contributed by atoms with Gasteiger partial charge in [0.15, 0.2) is 0 Å². The average molecular weight is 257 g/mol. The van der Waals surface area contributed by atoms with E-state index in [9.17, 15) is 0 Å². The summed E-state index contributed by atoms with van der Waals surface area (Å²) >= 11 is 0. The molecule has 1 N–H and O–H groups in total. The monoisotopic (exact) mass is 257 g/mol. The molecule has 0 saturated heterocycles. The number of rotatable bonds is 4. The van der Waals surface area contributed by atoms with Crippen molar-refractivity contribution in [1.29, 1.82) is 0 Å². The molecule has 0 saturated carbocycles. The molecule has 0 aliphatic rings. The van der Waals surface area contributed by atoms with Gasteiger partial charge < -0.3 is 9.73 Å². The smallest absolute Gasteiger partial charge is 0.106 e. The molecule has 1 aromatic heterocycles. The van der Waals surface area contributed by atoms with Crippen LogP contribution in [0.15, 0.2) is 28.7 Å². The molecular weight excluding hydrogens is 234 g/mol. The Morgan fingerprint density at radius 1 is 1.11 bits per heavy atom. The SMILES string of the molecule is CNC(Cc1cccc(C)c1)c1c(C)oc(C)c1C. The van der Waals surface area contributed by atoms with Crippen molar-refractivity contribution >= 4 is 0 Å². The topological polar surface area (TPSA) is 25.2 Å². The predicted octanol–water partition coefficient (Wildman–Crippen LogP) is 4.02. The molecule has 1 heterocycles. The standard InChI is InChI=1S/C17H23NO/c1-11-7-6-8-15(9-11)10-16(18-5)17-12(2)13(3)19-14(17)4/h6-9,16,18H,10H2,1-5H3. The Kier molecular flexibility index (Phi) is 4.11. The molecule has 1 aromatic carbocycles. The van der Waals surface area contributed by atoms with Crippen LogP contribution in [0.25, 0.3) is 0 Å². The number of nitrogens with one attached hydrogen (secondary N) is 1. The maximum Gasteiger partial charge on any atom is 0.106 e. The van der Waals surface area contributed by atoms with Gasteiger partial charge in [-0.1, -0.05) is 29.8 Å². The number of hydrogen-bond acceptors (Lipinski definition) is 2. The first-order chi connectivity index (χ1) is 9.02. The van der Waals surface area contributed by atoms with Gasteiger partial charge in [-0.05, 0) is 52.3 Å². The summed E-state index contributed by atoms with van der Waals surface area (Å²) in [6, 6.07) is 9.00. The molecule has 19 heavy (non-hydrogen) atoms. The third-order valence-electron chi connectivity index (χ3n) is 3.84. The second-order valence-corrected chi connectivity index (χ2v) is 5.29. The van der Waals surface area contributed by atoms with Crippen molar-refractivity contribution in [1.82, 2.24) is 5.32 Å². The van der Waals surface area contributed by atoms with Gasteiger partial charge in [-0.25, -0.2) is 0 Å². The van der Waals surface area contributed by atoms with Crippen molar-refractivity contribution in [3.8, 4) is 0 Å². The molecule has 2 heteroatoms. The summed E-state index contributed by atoms with van der Waals surface area (Å²) in [7, 11) is 2.02. The van der Waals surface area contributed by atoms with Crippen molar-refractivity contribution in [2.75, 3.05) is 7.05 Å². The lowest BCUT2D eigenvalue weighted by molar-refractivity contribution is 0.489. The maximum absolute atomic E-state index is 5.75. The molecule has 1 atom stereocenters. The van der Waals surface area contributed by atoms with E-state index in [0.717, 1.165) is 17.9 Å². The Morgan fingerprint density at radius 2 is 1.84 bits per heavy atom. The van der Waals surface area contributed by atoms with Gasteiger partial charge >= 0.3 is 0 Å². The van der Waals surface area contributed by atoms with Crippen molar-refractivity contribution in [2.45, 2.75) is 40.2 Å². The first-order valence-electron chi connectivity index (χ1n) is 6.82. The number of hydrogen-bond donors (Lipinski definition) is 1. The maximum atomic E-state index is 5.75. The quantitative estimate of drug-likeness (QED) is 0.895. The molecule has 1 unspecified atom stereocenters. The van der Waals surface area contributed by atoms with Crippen LogP contribution in [0.4, 0.5) is 0 Å². The largest absolute Gasteiger partial charge is 0.466 e. The molecule has 2 aromatic rings. The van der Waals surface area contributed by atoms with E-state index in [4.69, 9.17) is 4.42 Å². The Balaban J connectivity index is 2.30. The Morgan fingerprint density at radius 3 is 2.37 bits per heavy atom. The Labute approximate surface area is 115 Å². The van der Waals surface area contributed by atoms with Crippen LogP contribution >= 0.6 is 0 Å². The first kappa shape index (κ1) is 13.9. The van der Waals surface area contributed by atoms with Gasteiger partial charge in [-0.15, -0.1) is 0 Å². The molecule has 0 bridgehead atoms. The Bertz CT molecular complexity index is 569. The fraction of sp³-hybridized carbons (Fsp3) is 0.412. The molecule has 0 spiro atoms. The van der Waals surface area contributed by atoms with Crippen LogP contribution in [0.2, 0.25) is 0 Å². The summed E-state index contributed by atoms with van der Waals surface area (Å²) in [5.74, 6) is 2.05. The highest BCUT2D eigenvalue weighted by Gasteiger charge is 2.20. The molecule has 2 rings (SSSR count). The van der Waals surface area contributed by atoms with Crippen LogP contribution < -0.4 is 5.32 Å². The van der Waals surface area contributed by atoms with Crippen LogP contribution in [0.3, 0.4) is 0 Å². The van der Waals surface area contributed by atoms with Crippen molar-refractivity contribution in [2.24, 2.45) is 0 Å². The zero-order valence-corrected chi connectivity index (χ0v) is 12.5. The van der Waals surface area contributed by atoms with Gasteiger partial charge in [0.05, 0.1) is 0 Å². The van der Waals surface area contributed by atoms with Crippen molar-refractivity contribution in [3.63, 3.8) is 0 Å².